The van der Waals surface area contributed by atoms with Crippen molar-refractivity contribution < 1.29 is 14.7 Å². The average Bonchev–Trinajstić information content (AvgIpc) is 2.85. The van der Waals surface area contributed by atoms with E-state index in [1.165, 1.54) is 18.6 Å². The lowest BCUT2D eigenvalue weighted by atomic mass is 10.1. The van der Waals surface area contributed by atoms with Crippen molar-refractivity contribution in [1.29, 1.82) is 0 Å². The van der Waals surface area contributed by atoms with Gasteiger partial charge in [0.25, 0.3) is 0 Å². The van der Waals surface area contributed by atoms with Gasteiger partial charge in [0.05, 0.1) is 0 Å². The first kappa shape index (κ1) is 16.7. The summed E-state index contributed by atoms with van der Waals surface area (Å²) in [6.45, 7) is 1.85. The standard InChI is InChI=1S/C13H23NO3S2/c1-10(6-7-13(16)17)14-12(15)5-3-2-4-11-8-9-18-19-11/h10-11H,2-9H2,1H3,(H,14,15)(H,16,17). The fourth-order valence-corrected chi connectivity index (χ4v) is 5.01. The van der Waals surface area contributed by atoms with E-state index in [2.05, 4.69) is 5.32 Å². The van der Waals surface area contributed by atoms with Gasteiger partial charge in [0.1, 0.15) is 0 Å². The van der Waals surface area contributed by atoms with Crippen LogP contribution >= 0.6 is 21.6 Å². The number of amides is 1. The number of carbonyl (C=O) groups excluding carboxylic acids is 1. The number of carboxylic acid groups (broad SMARTS) is 1. The largest absolute Gasteiger partial charge is 0.481 e. The molecule has 110 valence electrons. The lowest BCUT2D eigenvalue weighted by molar-refractivity contribution is -0.137. The van der Waals surface area contributed by atoms with E-state index in [1.54, 1.807) is 0 Å². The van der Waals surface area contributed by atoms with Crippen LogP contribution in [0.1, 0.15) is 51.9 Å². The molecule has 0 aromatic heterocycles. The van der Waals surface area contributed by atoms with Gasteiger partial charge in [0.2, 0.25) is 5.91 Å². The van der Waals surface area contributed by atoms with Crippen molar-refractivity contribution in [3.8, 4) is 0 Å². The van der Waals surface area contributed by atoms with E-state index in [9.17, 15) is 9.59 Å². The highest BCUT2D eigenvalue weighted by atomic mass is 33.1. The summed E-state index contributed by atoms with van der Waals surface area (Å²) >= 11 is 0. The lowest BCUT2D eigenvalue weighted by Crippen LogP contribution is -2.32. The molecular weight excluding hydrogens is 282 g/mol. The van der Waals surface area contributed by atoms with Crippen molar-refractivity contribution in [1.82, 2.24) is 5.32 Å². The van der Waals surface area contributed by atoms with Gasteiger partial charge >= 0.3 is 5.97 Å². The van der Waals surface area contributed by atoms with Crippen LogP contribution in [-0.4, -0.2) is 34.0 Å². The highest BCUT2D eigenvalue weighted by Gasteiger charge is 2.16. The molecule has 19 heavy (non-hydrogen) atoms. The maximum Gasteiger partial charge on any atom is 0.303 e. The summed E-state index contributed by atoms with van der Waals surface area (Å²) in [6.07, 6.45) is 5.71. The van der Waals surface area contributed by atoms with Gasteiger partial charge in [-0.2, -0.15) is 0 Å². The van der Waals surface area contributed by atoms with Crippen molar-refractivity contribution in [2.75, 3.05) is 5.75 Å². The molecular formula is C13H23NO3S2. The zero-order chi connectivity index (χ0) is 14.1. The molecule has 0 aliphatic carbocycles. The Balaban J connectivity index is 1.98. The Labute approximate surface area is 122 Å². The Morgan fingerprint density at radius 3 is 2.79 bits per heavy atom. The van der Waals surface area contributed by atoms with Crippen LogP contribution in [0.4, 0.5) is 0 Å². The molecule has 6 heteroatoms. The third-order valence-electron chi connectivity index (χ3n) is 3.11. The zero-order valence-electron chi connectivity index (χ0n) is 11.4. The number of unbranched alkanes of at least 4 members (excludes halogenated alkanes) is 1. The van der Waals surface area contributed by atoms with Crippen LogP contribution in [-0.2, 0) is 9.59 Å². The predicted molar refractivity (Wildman–Crippen MR) is 81.4 cm³/mol. The van der Waals surface area contributed by atoms with Gasteiger partial charge in [0.15, 0.2) is 0 Å². The number of aliphatic carboxylic acids is 1. The molecule has 0 aromatic rings. The number of carbonyl (C=O) groups is 2. The third-order valence-corrected chi connectivity index (χ3v) is 6.11. The van der Waals surface area contributed by atoms with Gasteiger partial charge in [-0.3, -0.25) is 9.59 Å². The molecule has 0 radical (unpaired) electrons. The molecule has 1 saturated heterocycles. The normalized spacial score (nSPS) is 20.2. The van der Waals surface area contributed by atoms with E-state index >= 15 is 0 Å². The summed E-state index contributed by atoms with van der Waals surface area (Å²) in [6, 6.07) is -0.0506. The van der Waals surface area contributed by atoms with Gasteiger partial charge in [-0.05, 0) is 32.6 Å². The van der Waals surface area contributed by atoms with E-state index < -0.39 is 5.97 Å². The maximum absolute atomic E-state index is 11.6. The van der Waals surface area contributed by atoms with Crippen molar-refractivity contribution in [3.63, 3.8) is 0 Å². The second kappa shape index (κ2) is 9.53. The van der Waals surface area contributed by atoms with Gasteiger partial charge < -0.3 is 10.4 Å². The molecule has 1 fully saturated rings. The Morgan fingerprint density at radius 1 is 1.37 bits per heavy atom. The molecule has 0 aromatic carbocycles. The predicted octanol–water partition coefficient (Wildman–Crippen LogP) is 3.07. The zero-order valence-corrected chi connectivity index (χ0v) is 13.0. The molecule has 4 nitrogen and oxygen atoms in total. The molecule has 1 heterocycles. The lowest BCUT2D eigenvalue weighted by Gasteiger charge is -2.13. The number of nitrogens with one attached hydrogen (secondary N) is 1. The maximum atomic E-state index is 11.6. The SMILES string of the molecule is CC(CCC(=O)O)NC(=O)CCCCC1CCSS1. The Morgan fingerprint density at radius 2 is 2.16 bits per heavy atom. The fraction of sp³-hybridized carbons (Fsp3) is 0.846. The second-order valence-corrected chi connectivity index (χ2v) is 7.76. The summed E-state index contributed by atoms with van der Waals surface area (Å²) < 4.78 is 0. The third kappa shape index (κ3) is 8.42. The second-order valence-electron chi connectivity index (χ2n) is 4.98. The van der Waals surface area contributed by atoms with E-state index in [4.69, 9.17) is 5.11 Å². The molecule has 1 amide bonds. The first-order valence-electron chi connectivity index (χ1n) is 6.87. The Bertz CT molecular complexity index is 294. The molecule has 1 aliphatic heterocycles. The summed E-state index contributed by atoms with van der Waals surface area (Å²) in [4.78, 5) is 22.0. The molecule has 2 unspecified atom stereocenters. The molecule has 0 spiro atoms. The van der Waals surface area contributed by atoms with Crippen molar-refractivity contribution in [2.24, 2.45) is 0 Å². The molecule has 2 N–H and O–H groups in total. The Kier molecular flexibility index (Phi) is 8.37. The van der Waals surface area contributed by atoms with E-state index in [-0.39, 0.29) is 18.4 Å². The van der Waals surface area contributed by atoms with Crippen LogP contribution in [0.25, 0.3) is 0 Å². The minimum Gasteiger partial charge on any atom is -0.481 e. The Hall–Kier alpha value is -0.360. The summed E-state index contributed by atoms with van der Waals surface area (Å²) in [5.41, 5.74) is 0. The topological polar surface area (TPSA) is 66.4 Å². The van der Waals surface area contributed by atoms with Gasteiger partial charge in [0, 0.05) is 29.9 Å². The smallest absolute Gasteiger partial charge is 0.303 e. The van der Waals surface area contributed by atoms with E-state index in [0.717, 1.165) is 18.1 Å². The van der Waals surface area contributed by atoms with Crippen LogP contribution in [0.3, 0.4) is 0 Å². The molecule has 0 bridgehead atoms. The first-order chi connectivity index (χ1) is 9.08. The van der Waals surface area contributed by atoms with Gasteiger partial charge in [-0.25, -0.2) is 0 Å². The average molecular weight is 305 g/mol. The minimum absolute atomic E-state index is 0.0475. The number of hydrogen-bond acceptors (Lipinski definition) is 4. The number of rotatable bonds is 9. The highest BCUT2D eigenvalue weighted by Crippen LogP contribution is 2.39. The number of hydrogen-bond donors (Lipinski definition) is 2. The van der Waals surface area contributed by atoms with Crippen molar-refractivity contribution in [3.05, 3.63) is 0 Å². The van der Waals surface area contributed by atoms with Crippen molar-refractivity contribution in [2.45, 2.75) is 63.2 Å². The summed E-state index contributed by atoms with van der Waals surface area (Å²) in [7, 11) is 3.93. The van der Waals surface area contributed by atoms with Crippen molar-refractivity contribution >= 4 is 33.5 Å². The monoisotopic (exact) mass is 305 g/mol. The van der Waals surface area contributed by atoms with E-state index in [0.29, 0.717) is 12.8 Å². The minimum atomic E-state index is -0.812. The van der Waals surface area contributed by atoms with Gasteiger partial charge in [-0.15, -0.1) is 0 Å². The van der Waals surface area contributed by atoms with Crippen LogP contribution in [0.5, 0.6) is 0 Å². The number of carboxylic acids is 1. The highest BCUT2D eigenvalue weighted by molar-refractivity contribution is 8.77. The summed E-state index contributed by atoms with van der Waals surface area (Å²) in [5.74, 6) is 0.496. The van der Waals surface area contributed by atoms with Crippen LogP contribution in [0.2, 0.25) is 0 Å². The van der Waals surface area contributed by atoms with Crippen LogP contribution in [0, 0.1) is 0 Å². The van der Waals surface area contributed by atoms with Gasteiger partial charge in [-0.1, -0.05) is 28.0 Å². The van der Waals surface area contributed by atoms with Crippen LogP contribution < -0.4 is 5.32 Å². The van der Waals surface area contributed by atoms with E-state index in [1.807, 2.05) is 28.5 Å². The summed E-state index contributed by atoms with van der Waals surface area (Å²) in [5, 5.41) is 12.2. The first-order valence-corrected chi connectivity index (χ1v) is 9.25. The quantitative estimate of drug-likeness (QED) is 0.506. The molecule has 1 rings (SSSR count). The molecule has 0 saturated carbocycles. The molecule has 2 atom stereocenters. The van der Waals surface area contributed by atoms with Crippen LogP contribution in [0.15, 0.2) is 0 Å². The molecule has 1 aliphatic rings. The fourth-order valence-electron chi connectivity index (χ4n) is 1.98.